The van der Waals surface area contributed by atoms with E-state index in [2.05, 4.69) is 21.0 Å². The Balaban J connectivity index is 2.28. The molecule has 1 N–H and O–H groups in total. The van der Waals surface area contributed by atoms with Crippen LogP contribution in [-0.4, -0.2) is 15.0 Å². The van der Waals surface area contributed by atoms with E-state index in [0.717, 1.165) is 24.4 Å². The van der Waals surface area contributed by atoms with Gasteiger partial charge < -0.3 is 4.98 Å². The van der Waals surface area contributed by atoms with Crippen LogP contribution >= 0.6 is 0 Å². The Bertz CT molecular complexity index is 485. The lowest BCUT2D eigenvalue weighted by atomic mass is 9.94. The summed E-state index contributed by atoms with van der Waals surface area (Å²) in [6.45, 7) is 1.99. The van der Waals surface area contributed by atoms with Crippen LogP contribution in [0.15, 0.2) is 18.5 Å². The van der Waals surface area contributed by atoms with Crippen LogP contribution in [0.3, 0.4) is 0 Å². The summed E-state index contributed by atoms with van der Waals surface area (Å²) < 4.78 is 0. The van der Waals surface area contributed by atoms with Crippen molar-refractivity contribution in [3.8, 4) is 11.3 Å². The Morgan fingerprint density at radius 1 is 1.36 bits per heavy atom. The minimum Gasteiger partial charge on any atom is -0.346 e. The number of H-pyrrole nitrogens is 1. The SMILES string of the molecule is Cc1nc2c([nH]1)CCc1ccncc1-2. The zero-order valence-electron chi connectivity index (χ0n) is 8.04. The minimum atomic E-state index is 0.992. The molecule has 1 aliphatic rings. The number of nitrogens with one attached hydrogen (secondary N) is 1. The summed E-state index contributed by atoms with van der Waals surface area (Å²) in [5.41, 5.74) is 4.90. The topological polar surface area (TPSA) is 41.6 Å². The summed E-state index contributed by atoms with van der Waals surface area (Å²) in [5.74, 6) is 0.992. The van der Waals surface area contributed by atoms with Crippen LogP contribution in [0.5, 0.6) is 0 Å². The van der Waals surface area contributed by atoms with Gasteiger partial charge in [0.25, 0.3) is 0 Å². The molecule has 0 spiro atoms. The van der Waals surface area contributed by atoms with Gasteiger partial charge in [0.2, 0.25) is 0 Å². The largest absolute Gasteiger partial charge is 0.346 e. The molecule has 2 heterocycles. The summed E-state index contributed by atoms with van der Waals surface area (Å²) in [4.78, 5) is 11.9. The fraction of sp³-hybridized carbons (Fsp3) is 0.273. The Kier molecular flexibility index (Phi) is 1.48. The lowest BCUT2D eigenvalue weighted by molar-refractivity contribution is 0.900. The van der Waals surface area contributed by atoms with Gasteiger partial charge in [0.15, 0.2) is 0 Å². The first-order valence-corrected chi connectivity index (χ1v) is 4.83. The van der Waals surface area contributed by atoms with Gasteiger partial charge in [0.1, 0.15) is 5.82 Å². The number of hydrogen-bond acceptors (Lipinski definition) is 2. The molecule has 2 aromatic rings. The fourth-order valence-electron chi connectivity index (χ4n) is 2.06. The van der Waals surface area contributed by atoms with Gasteiger partial charge in [-0.05, 0) is 31.4 Å². The van der Waals surface area contributed by atoms with Crippen molar-refractivity contribution in [2.24, 2.45) is 0 Å². The molecule has 1 aliphatic carbocycles. The lowest BCUT2D eigenvalue weighted by Gasteiger charge is -2.13. The monoisotopic (exact) mass is 185 g/mol. The van der Waals surface area contributed by atoms with E-state index in [1.54, 1.807) is 0 Å². The molecule has 0 saturated carbocycles. The van der Waals surface area contributed by atoms with Crippen LogP contribution < -0.4 is 0 Å². The van der Waals surface area contributed by atoms with E-state index < -0.39 is 0 Å². The first-order valence-electron chi connectivity index (χ1n) is 4.83. The Hall–Kier alpha value is -1.64. The minimum absolute atomic E-state index is 0.992. The molecular formula is C11H11N3. The number of fused-ring (bicyclic) bond motifs is 3. The molecule has 0 fully saturated rings. The smallest absolute Gasteiger partial charge is 0.103 e. The number of rotatable bonds is 0. The quantitative estimate of drug-likeness (QED) is 0.680. The van der Waals surface area contributed by atoms with Crippen LogP contribution in [0.2, 0.25) is 0 Å². The molecule has 0 unspecified atom stereocenters. The van der Waals surface area contributed by atoms with Gasteiger partial charge >= 0.3 is 0 Å². The summed E-state index contributed by atoms with van der Waals surface area (Å²) in [7, 11) is 0. The molecule has 3 rings (SSSR count). The number of hydrogen-bond donors (Lipinski definition) is 1. The first kappa shape index (κ1) is 7.74. The molecular weight excluding hydrogens is 174 g/mol. The van der Waals surface area contributed by atoms with E-state index in [9.17, 15) is 0 Å². The Morgan fingerprint density at radius 3 is 3.21 bits per heavy atom. The molecule has 3 nitrogen and oxygen atoms in total. The van der Waals surface area contributed by atoms with E-state index in [-0.39, 0.29) is 0 Å². The maximum Gasteiger partial charge on any atom is 0.103 e. The number of imidazole rings is 1. The highest BCUT2D eigenvalue weighted by Gasteiger charge is 2.18. The van der Waals surface area contributed by atoms with Crippen LogP contribution in [-0.2, 0) is 12.8 Å². The van der Waals surface area contributed by atoms with Gasteiger partial charge in [-0.25, -0.2) is 4.98 Å². The molecule has 14 heavy (non-hydrogen) atoms. The Labute approximate surface area is 82.2 Å². The van der Waals surface area contributed by atoms with Crippen LogP contribution in [0.25, 0.3) is 11.3 Å². The highest BCUT2D eigenvalue weighted by atomic mass is 14.9. The van der Waals surface area contributed by atoms with Crippen LogP contribution in [0.1, 0.15) is 17.1 Å². The fourth-order valence-corrected chi connectivity index (χ4v) is 2.06. The third kappa shape index (κ3) is 0.985. The molecule has 0 aliphatic heterocycles. The van der Waals surface area contributed by atoms with Crippen molar-refractivity contribution in [2.75, 3.05) is 0 Å². The molecule has 3 heteroatoms. The number of aromatic amines is 1. The van der Waals surface area contributed by atoms with E-state index in [1.807, 2.05) is 19.3 Å². The zero-order chi connectivity index (χ0) is 9.54. The molecule has 0 atom stereocenters. The predicted molar refractivity (Wildman–Crippen MR) is 54.0 cm³/mol. The van der Waals surface area contributed by atoms with Crippen molar-refractivity contribution in [3.63, 3.8) is 0 Å². The van der Waals surface area contributed by atoms with E-state index >= 15 is 0 Å². The zero-order valence-corrected chi connectivity index (χ0v) is 8.04. The molecule has 0 bridgehead atoms. The summed E-state index contributed by atoms with van der Waals surface area (Å²) in [6.07, 6.45) is 5.91. The molecule has 0 saturated heterocycles. The third-order valence-corrected chi connectivity index (χ3v) is 2.71. The summed E-state index contributed by atoms with van der Waals surface area (Å²) in [5, 5.41) is 0. The summed E-state index contributed by atoms with van der Waals surface area (Å²) >= 11 is 0. The highest BCUT2D eigenvalue weighted by molar-refractivity contribution is 5.67. The van der Waals surface area contributed by atoms with Gasteiger partial charge in [-0.1, -0.05) is 0 Å². The molecule has 2 aromatic heterocycles. The molecule has 70 valence electrons. The number of aryl methyl sites for hydroxylation is 3. The first-order chi connectivity index (χ1) is 6.84. The number of nitrogens with zero attached hydrogens (tertiary/aromatic N) is 2. The van der Waals surface area contributed by atoms with Gasteiger partial charge in [-0.15, -0.1) is 0 Å². The van der Waals surface area contributed by atoms with Crippen LogP contribution in [0, 0.1) is 6.92 Å². The van der Waals surface area contributed by atoms with E-state index in [1.165, 1.54) is 16.8 Å². The second kappa shape index (κ2) is 2.67. The average Bonchev–Trinajstić information content (AvgIpc) is 2.59. The summed E-state index contributed by atoms with van der Waals surface area (Å²) in [6, 6.07) is 2.09. The predicted octanol–water partition coefficient (Wildman–Crippen LogP) is 1.88. The van der Waals surface area contributed by atoms with Gasteiger partial charge in [0.05, 0.1) is 5.69 Å². The molecule has 0 radical (unpaired) electrons. The van der Waals surface area contributed by atoms with Crippen molar-refractivity contribution in [2.45, 2.75) is 19.8 Å². The van der Waals surface area contributed by atoms with Crippen molar-refractivity contribution in [1.29, 1.82) is 0 Å². The van der Waals surface area contributed by atoms with E-state index in [4.69, 9.17) is 0 Å². The number of aromatic nitrogens is 3. The van der Waals surface area contributed by atoms with Crippen LogP contribution in [0.4, 0.5) is 0 Å². The Morgan fingerprint density at radius 2 is 2.29 bits per heavy atom. The average molecular weight is 185 g/mol. The molecule has 0 amide bonds. The third-order valence-electron chi connectivity index (χ3n) is 2.71. The van der Waals surface area contributed by atoms with Gasteiger partial charge in [-0.2, -0.15) is 0 Å². The second-order valence-electron chi connectivity index (χ2n) is 3.68. The van der Waals surface area contributed by atoms with Crippen molar-refractivity contribution in [3.05, 3.63) is 35.5 Å². The second-order valence-corrected chi connectivity index (χ2v) is 3.68. The van der Waals surface area contributed by atoms with Gasteiger partial charge in [0, 0.05) is 23.7 Å². The maximum absolute atomic E-state index is 4.50. The standard InChI is InChI=1S/C11H11N3/c1-7-13-10-3-2-8-4-5-12-6-9(8)11(10)14-7/h4-6H,2-3H2,1H3,(H,13,14). The van der Waals surface area contributed by atoms with Crippen molar-refractivity contribution in [1.82, 2.24) is 15.0 Å². The van der Waals surface area contributed by atoms with Crippen molar-refractivity contribution >= 4 is 0 Å². The van der Waals surface area contributed by atoms with Crippen molar-refractivity contribution < 1.29 is 0 Å². The lowest BCUT2D eigenvalue weighted by Crippen LogP contribution is -2.03. The molecule has 0 aromatic carbocycles. The normalized spacial score (nSPS) is 13.5. The maximum atomic E-state index is 4.50. The number of pyridine rings is 1. The highest BCUT2D eigenvalue weighted by Crippen LogP contribution is 2.30. The van der Waals surface area contributed by atoms with E-state index in [0.29, 0.717) is 0 Å². The van der Waals surface area contributed by atoms with Gasteiger partial charge in [-0.3, -0.25) is 4.98 Å².